The number of carbonyl (C=O) groups excluding carboxylic acids is 2. The Hall–Kier alpha value is -3.74. The number of benzene rings is 2. The molecule has 0 unspecified atom stereocenters. The van der Waals surface area contributed by atoms with Crippen molar-refractivity contribution in [1.29, 1.82) is 0 Å². The highest BCUT2D eigenvalue weighted by molar-refractivity contribution is 6.26. The third kappa shape index (κ3) is 3.10. The Morgan fingerprint density at radius 3 is 2.62 bits per heavy atom. The van der Waals surface area contributed by atoms with Gasteiger partial charge < -0.3 is 15.4 Å². The van der Waals surface area contributed by atoms with Gasteiger partial charge in [-0.05, 0) is 30.2 Å². The SMILES string of the molecule is Cc1ccccc1Cn1c2c(c3c(C(N)=O)cccc31)C(=O)CN=C2CC(=O)O. The van der Waals surface area contributed by atoms with Crippen molar-refractivity contribution in [3.63, 3.8) is 0 Å². The summed E-state index contributed by atoms with van der Waals surface area (Å²) in [5.74, 6) is -1.93. The number of Topliss-reactive ketones (excluding diaryl/α,β-unsaturated/α-hetero) is 1. The highest BCUT2D eigenvalue weighted by atomic mass is 16.4. The number of carboxylic acids is 1. The van der Waals surface area contributed by atoms with Crippen LogP contribution < -0.4 is 5.73 Å². The Kier molecular flexibility index (Phi) is 4.50. The number of fused-ring (bicyclic) bond motifs is 3. The summed E-state index contributed by atoms with van der Waals surface area (Å²) in [4.78, 5) is 40.5. The van der Waals surface area contributed by atoms with E-state index in [1.165, 1.54) is 0 Å². The lowest BCUT2D eigenvalue weighted by molar-refractivity contribution is -0.135. The van der Waals surface area contributed by atoms with E-state index in [9.17, 15) is 19.5 Å². The molecule has 29 heavy (non-hydrogen) atoms. The Morgan fingerprint density at radius 1 is 1.17 bits per heavy atom. The largest absolute Gasteiger partial charge is 0.481 e. The number of aliphatic carboxylic acids is 1. The zero-order chi connectivity index (χ0) is 20.7. The van der Waals surface area contributed by atoms with Crippen molar-refractivity contribution in [3.05, 3.63) is 70.4 Å². The molecule has 146 valence electrons. The number of ketones is 1. The van der Waals surface area contributed by atoms with Gasteiger partial charge in [0, 0.05) is 17.5 Å². The lowest BCUT2D eigenvalue weighted by Crippen LogP contribution is -2.24. The van der Waals surface area contributed by atoms with Crippen LogP contribution in [0.2, 0.25) is 0 Å². The fraction of sp³-hybridized carbons (Fsp3) is 0.182. The van der Waals surface area contributed by atoms with Crippen molar-refractivity contribution in [2.24, 2.45) is 10.7 Å². The summed E-state index contributed by atoms with van der Waals surface area (Å²) < 4.78 is 1.87. The zero-order valence-corrected chi connectivity index (χ0v) is 15.8. The molecular formula is C22H19N3O4. The van der Waals surface area contributed by atoms with Gasteiger partial charge in [0.1, 0.15) is 6.54 Å². The van der Waals surface area contributed by atoms with Crippen LogP contribution in [0.4, 0.5) is 0 Å². The molecule has 1 aromatic heterocycles. The van der Waals surface area contributed by atoms with Crippen LogP contribution in [0.5, 0.6) is 0 Å². The molecular weight excluding hydrogens is 370 g/mol. The smallest absolute Gasteiger partial charge is 0.309 e. The fourth-order valence-electron chi connectivity index (χ4n) is 3.90. The van der Waals surface area contributed by atoms with E-state index in [4.69, 9.17) is 5.73 Å². The van der Waals surface area contributed by atoms with Crippen LogP contribution in [-0.4, -0.2) is 39.6 Å². The van der Waals surface area contributed by atoms with Gasteiger partial charge in [0.15, 0.2) is 5.78 Å². The number of hydrogen-bond donors (Lipinski definition) is 2. The average molecular weight is 389 g/mol. The molecule has 0 fully saturated rings. The van der Waals surface area contributed by atoms with Crippen LogP contribution in [0, 0.1) is 6.92 Å². The second kappa shape index (κ2) is 7.01. The normalized spacial score (nSPS) is 13.3. The van der Waals surface area contributed by atoms with Gasteiger partial charge in [0.05, 0.1) is 28.9 Å². The molecule has 2 aromatic carbocycles. The van der Waals surface area contributed by atoms with Crippen molar-refractivity contribution in [3.8, 4) is 0 Å². The lowest BCUT2D eigenvalue weighted by Gasteiger charge is -2.17. The van der Waals surface area contributed by atoms with Gasteiger partial charge in [-0.2, -0.15) is 0 Å². The minimum Gasteiger partial charge on any atom is -0.481 e. The number of carboxylic acid groups (broad SMARTS) is 1. The van der Waals surface area contributed by atoms with Gasteiger partial charge in [0.25, 0.3) is 0 Å². The van der Waals surface area contributed by atoms with Crippen LogP contribution in [0.15, 0.2) is 47.5 Å². The predicted molar refractivity (Wildman–Crippen MR) is 109 cm³/mol. The number of nitrogens with zero attached hydrogens (tertiary/aromatic N) is 2. The summed E-state index contributed by atoms with van der Waals surface area (Å²) in [5.41, 5.74) is 9.66. The maximum atomic E-state index is 12.8. The molecule has 0 radical (unpaired) electrons. The summed E-state index contributed by atoms with van der Waals surface area (Å²) in [6.07, 6.45) is -0.309. The first-order chi connectivity index (χ1) is 13.9. The number of amides is 1. The summed E-state index contributed by atoms with van der Waals surface area (Å²) in [7, 11) is 0. The summed E-state index contributed by atoms with van der Waals surface area (Å²) >= 11 is 0. The second-order valence-corrected chi connectivity index (χ2v) is 7.06. The number of aliphatic imine (C=N–C) groups is 1. The number of aryl methyl sites for hydroxylation is 1. The predicted octanol–water partition coefficient (Wildman–Crippen LogP) is 2.56. The van der Waals surface area contributed by atoms with Crippen molar-refractivity contribution in [2.45, 2.75) is 19.9 Å². The van der Waals surface area contributed by atoms with E-state index in [0.29, 0.717) is 34.4 Å². The van der Waals surface area contributed by atoms with E-state index >= 15 is 0 Å². The van der Waals surface area contributed by atoms with Crippen molar-refractivity contribution in [1.82, 2.24) is 4.57 Å². The first kappa shape index (κ1) is 18.6. The van der Waals surface area contributed by atoms with Crippen LogP contribution in [0.1, 0.15) is 44.0 Å². The molecule has 1 aliphatic rings. The Bertz CT molecular complexity index is 1220. The van der Waals surface area contributed by atoms with Gasteiger partial charge in [-0.25, -0.2) is 0 Å². The van der Waals surface area contributed by atoms with E-state index in [0.717, 1.165) is 11.1 Å². The van der Waals surface area contributed by atoms with Crippen LogP contribution in [-0.2, 0) is 11.3 Å². The molecule has 1 amide bonds. The van der Waals surface area contributed by atoms with Gasteiger partial charge in [0.2, 0.25) is 5.91 Å². The monoisotopic (exact) mass is 389 g/mol. The van der Waals surface area contributed by atoms with Crippen molar-refractivity contribution < 1.29 is 19.5 Å². The van der Waals surface area contributed by atoms with Crippen LogP contribution in [0.25, 0.3) is 10.9 Å². The van der Waals surface area contributed by atoms with Crippen molar-refractivity contribution in [2.75, 3.05) is 6.54 Å². The maximum absolute atomic E-state index is 12.8. The third-order valence-electron chi connectivity index (χ3n) is 5.23. The molecule has 4 rings (SSSR count). The Morgan fingerprint density at radius 2 is 1.93 bits per heavy atom. The van der Waals surface area contributed by atoms with Gasteiger partial charge in [-0.3, -0.25) is 19.4 Å². The van der Waals surface area contributed by atoms with Gasteiger partial charge >= 0.3 is 5.97 Å². The minimum atomic E-state index is -1.04. The first-order valence-electron chi connectivity index (χ1n) is 9.16. The number of nitrogens with two attached hydrogens (primary N) is 1. The highest BCUT2D eigenvalue weighted by Gasteiger charge is 2.31. The number of aromatic nitrogens is 1. The van der Waals surface area contributed by atoms with E-state index in [1.54, 1.807) is 12.1 Å². The molecule has 0 saturated heterocycles. The van der Waals surface area contributed by atoms with Crippen LogP contribution in [0.3, 0.4) is 0 Å². The van der Waals surface area contributed by atoms with Gasteiger partial charge in [-0.1, -0.05) is 30.3 Å². The summed E-state index contributed by atoms with van der Waals surface area (Å²) in [5, 5.41) is 9.81. The summed E-state index contributed by atoms with van der Waals surface area (Å²) in [6.45, 7) is 2.25. The molecule has 0 saturated carbocycles. The molecule has 0 aliphatic carbocycles. The second-order valence-electron chi connectivity index (χ2n) is 7.06. The zero-order valence-electron chi connectivity index (χ0n) is 15.8. The number of carbonyl (C=O) groups is 3. The lowest BCUT2D eigenvalue weighted by atomic mass is 9.96. The van der Waals surface area contributed by atoms with E-state index in [1.807, 2.05) is 41.8 Å². The molecule has 0 atom stereocenters. The summed E-state index contributed by atoms with van der Waals surface area (Å²) in [6, 6.07) is 12.9. The maximum Gasteiger partial charge on any atom is 0.309 e. The quantitative estimate of drug-likeness (QED) is 0.698. The van der Waals surface area contributed by atoms with E-state index in [2.05, 4.69) is 4.99 Å². The van der Waals surface area contributed by atoms with E-state index in [-0.39, 0.29) is 24.3 Å². The number of rotatable bonds is 5. The molecule has 7 nitrogen and oxygen atoms in total. The molecule has 3 N–H and O–H groups in total. The topological polar surface area (TPSA) is 115 Å². The Balaban J connectivity index is 2.07. The Labute approximate surface area is 166 Å². The molecule has 3 aromatic rings. The highest BCUT2D eigenvalue weighted by Crippen LogP contribution is 2.34. The number of primary amides is 1. The molecule has 7 heteroatoms. The third-order valence-corrected chi connectivity index (χ3v) is 5.23. The number of hydrogen-bond acceptors (Lipinski definition) is 4. The standard InChI is InChI=1S/C22H19N3O4/c1-12-5-2-3-6-13(12)11-25-16-8-4-7-14(22(23)29)19(16)20-17(26)10-24-15(21(20)25)9-18(27)28/h2-8H,9-11H2,1H3,(H2,23,29)(H,27,28). The average Bonchev–Trinajstić information content (AvgIpc) is 3.01. The molecule has 2 heterocycles. The molecule has 0 spiro atoms. The molecule has 0 bridgehead atoms. The first-order valence-corrected chi connectivity index (χ1v) is 9.16. The minimum absolute atomic E-state index is 0.147. The fourth-order valence-corrected chi connectivity index (χ4v) is 3.90. The van der Waals surface area contributed by atoms with Gasteiger partial charge in [-0.15, -0.1) is 0 Å². The van der Waals surface area contributed by atoms with Crippen molar-refractivity contribution >= 4 is 34.3 Å². The van der Waals surface area contributed by atoms with E-state index < -0.39 is 11.9 Å². The van der Waals surface area contributed by atoms with Crippen LogP contribution >= 0.6 is 0 Å². The molecule has 1 aliphatic heterocycles.